The Kier molecular flexibility index (Phi) is 6.62. The van der Waals surface area contributed by atoms with Crippen LogP contribution in [0.4, 0.5) is 0 Å². The lowest BCUT2D eigenvalue weighted by Crippen LogP contribution is -2.18. The molecular weight excluding hydrogens is 346 g/mol. The summed E-state index contributed by atoms with van der Waals surface area (Å²) in [5.41, 5.74) is -0.0688. The number of unbranched alkanes of at least 4 members (excludes halogenated alkanes) is 2. The van der Waals surface area contributed by atoms with E-state index in [1.54, 1.807) is 0 Å². The zero-order valence-electron chi connectivity index (χ0n) is 12.8. The number of ether oxygens (including phenoxy) is 1. The van der Waals surface area contributed by atoms with Gasteiger partial charge in [-0.2, -0.15) is 0 Å². The van der Waals surface area contributed by atoms with E-state index in [0.29, 0.717) is 11.9 Å². The lowest BCUT2D eigenvalue weighted by Gasteiger charge is -2.16. The number of hydrogen-bond donors (Lipinski definition) is 0. The molecule has 0 fully saturated rings. The van der Waals surface area contributed by atoms with E-state index in [4.69, 9.17) is 9.73 Å². The van der Waals surface area contributed by atoms with E-state index in [-0.39, 0.29) is 5.54 Å². The van der Waals surface area contributed by atoms with E-state index in [0.717, 1.165) is 17.6 Å². The van der Waals surface area contributed by atoms with Gasteiger partial charge in [-0.3, -0.25) is 0 Å². The predicted octanol–water partition coefficient (Wildman–Crippen LogP) is 5.31. The van der Waals surface area contributed by atoms with Crippen molar-refractivity contribution < 1.29 is 4.74 Å². The van der Waals surface area contributed by atoms with E-state index in [9.17, 15) is 0 Å². The van der Waals surface area contributed by atoms with Crippen LogP contribution < -0.4 is 0 Å². The molecule has 0 aromatic heterocycles. The van der Waals surface area contributed by atoms with Crippen LogP contribution in [0.25, 0.3) is 0 Å². The van der Waals surface area contributed by atoms with Gasteiger partial charge < -0.3 is 4.74 Å². The van der Waals surface area contributed by atoms with Crippen LogP contribution in [-0.4, -0.2) is 28.6 Å². The zero-order valence-corrected chi connectivity index (χ0v) is 15.3. The third-order valence-corrected chi connectivity index (χ3v) is 5.21. The van der Waals surface area contributed by atoms with Crippen LogP contribution >= 0.6 is 27.7 Å². The van der Waals surface area contributed by atoms with Crippen LogP contribution in [0.3, 0.4) is 0 Å². The molecule has 1 atom stereocenters. The highest BCUT2D eigenvalue weighted by atomic mass is 79.9. The van der Waals surface area contributed by atoms with Crippen LogP contribution in [0.15, 0.2) is 40.2 Å². The van der Waals surface area contributed by atoms with Crippen molar-refractivity contribution in [1.29, 1.82) is 0 Å². The number of nitrogens with zero attached hydrogens (tertiary/aromatic N) is 1. The van der Waals surface area contributed by atoms with E-state index in [1.165, 1.54) is 24.2 Å². The van der Waals surface area contributed by atoms with E-state index >= 15 is 0 Å². The Hall–Kier alpha value is -0.480. The van der Waals surface area contributed by atoms with Gasteiger partial charge in [-0.05, 0) is 38.8 Å². The molecule has 2 nitrogen and oxygen atoms in total. The maximum Gasteiger partial charge on any atom is 0.197 e. The van der Waals surface area contributed by atoms with Gasteiger partial charge in [-0.15, -0.1) is 11.8 Å². The van der Waals surface area contributed by atoms with E-state index in [1.807, 2.05) is 11.8 Å². The Morgan fingerprint density at radius 1 is 1.24 bits per heavy atom. The molecule has 1 aliphatic heterocycles. The molecule has 0 N–H and O–H groups in total. The average molecular weight is 370 g/mol. The number of alkyl halides is 1. The molecule has 4 heteroatoms. The van der Waals surface area contributed by atoms with Crippen LogP contribution in [0.5, 0.6) is 0 Å². The van der Waals surface area contributed by atoms with Crippen molar-refractivity contribution >= 4 is 33.6 Å². The van der Waals surface area contributed by atoms with Crippen molar-refractivity contribution in [3.05, 3.63) is 30.3 Å². The highest BCUT2D eigenvalue weighted by Crippen LogP contribution is 2.31. The van der Waals surface area contributed by atoms with E-state index < -0.39 is 0 Å². The van der Waals surface area contributed by atoms with Crippen molar-refractivity contribution in [3.8, 4) is 0 Å². The standard InChI is InChI=1S/C17H24BrNOS/c1-17(2)13-20-16(19-17)15(11-7-4-8-12-18)21-14-9-5-3-6-10-14/h3,5-6,9-10,15H,4,7-8,11-13H2,1-2H3. The molecule has 1 aromatic carbocycles. The lowest BCUT2D eigenvalue weighted by molar-refractivity contribution is 0.274. The lowest BCUT2D eigenvalue weighted by atomic mass is 10.1. The van der Waals surface area contributed by atoms with Gasteiger partial charge in [0.1, 0.15) is 6.61 Å². The third-order valence-electron chi connectivity index (χ3n) is 3.38. The minimum Gasteiger partial charge on any atom is -0.478 e. The molecule has 0 saturated carbocycles. The summed E-state index contributed by atoms with van der Waals surface area (Å²) >= 11 is 5.38. The molecule has 0 saturated heterocycles. The van der Waals surface area contributed by atoms with Crippen LogP contribution in [-0.2, 0) is 4.74 Å². The topological polar surface area (TPSA) is 21.6 Å². The number of halogens is 1. The number of aliphatic imine (C=N–C) groups is 1. The van der Waals surface area contributed by atoms with Gasteiger partial charge in [0.05, 0.1) is 10.8 Å². The molecule has 0 spiro atoms. The summed E-state index contributed by atoms with van der Waals surface area (Å²) in [7, 11) is 0. The van der Waals surface area contributed by atoms with Gasteiger partial charge in [0.2, 0.25) is 0 Å². The Bertz CT molecular complexity index is 461. The second kappa shape index (κ2) is 8.23. The summed E-state index contributed by atoms with van der Waals surface area (Å²) in [6.45, 7) is 4.97. The summed E-state index contributed by atoms with van der Waals surface area (Å²) in [5.74, 6) is 0.938. The highest BCUT2D eigenvalue weighted by Gasteiger charge is 2.31. The molecule has 116 valence electrons. The molecule has 2 rings (SSSR count). The summed E-state index contributed by atoms with van der Waals surface area (Å²) in [5, 5.41) is 1.43. The van der Waals surface area contributed by atoms with Gasteiger partial charge >= 0.3 is 0 Å². The molecule has 1 heterocycles. The molecule has 0 aliphatic carbocycles. The molecule has 0 bridgehead atoms. The summed E-state index contributed by atoms with van der Waals surface area (Å²) in [6, 6.07) is 10.6. The predicted molar refractivity (Wildman–Crippen MR) is 95.8 cm³/mol. The number of rotatable bonds is 8. The quantitative estimate of drug-likeness (QED) is 0.351. The van der Waals surface area contributed by atoms with Gasteiger partial charge in [0.25, 0.3) is 0 Å². The molecule has 0 radical (unpaired) electrons. The van der Waals surface area contributed by atoms with Crippen molar-refractivity contribution in [2.75, 3.05) is 11.9 Å². The summed E-state index contributed by atoms with van der Waals surface area (Å²) in [6.07, 6.45) is 4.84. The molecule has 0 amide bonds. The Morgan fingerprint density at radius 2 is 2.00 bits per heavy atom. The van der Waals surface area contributed by atoms with Crippen LogP contribution in [0.1, 0.15) is 39.5 Å². The fourth-order valence-corrected chi connectivity index (χ4v) is 3.82. The molecule has 1 unspecified atom stereocenters. The first kappa shape index (κ1) is 16.9. The Balaban J connectivity index is 2.00. The fourth-order valence-electron chi connectivity index (χ4n) is 2.28. The van der Waals surface area contributed by atoms with Crippen LogP contribution in [0, 0.1) is 0 Å². The summed E-state index contributed by atoms with van der Waals surface area (Å²) in [4.78, 5) is 6.07. The third kappa shape index (κ3) is 5.67. The molecule has 1 aromatic rings. The molecular formula is C17H24BrNOS. The van der Waals surface area contributed by atoms with Crippen molar-refractivity contribution in [3.63, 3.8) is 0 Å². The minimum atomic E-state index is -0.0688. The van der Waals surface area contributed by atoms with Gasteiger partial charge in [-0.1, -0.05) is 47.0 Å². The second-order valence-electron chi connectivity index (χ2n) is 6.01. The monoisotopic (exact) mass is 369 g/mol. The number of thioether (sulfide) groups is 1. The fraction of sp³-hybridized carbons (Fsp3) is 0.588. The largest absolute Gasteiger partial charge is 0.478 e. The number of benzene rings is 1. The van der Waals surface area contributed by atoms with Crippen molar-refractivity contribution in [2.24, 2.45) is 4.99 Å². The summed E-state index contributed by atoms with van der Waals surface area (Å²) < 4.78 is 5.88. The average Bonchev–Trinajstić information content (AvgIpc) is 2.83. The first-order valence-electron chi connectivity index (χ1n) is 7.61. The zero-order chi connectivity index (χ0) is 15.1. The van der Waals surface area contributed by atoms with Gasteiger partial charge in [0.15, 0.2) is 5.90 Å². The van der Waals surface area contributed by atoms with Crippen LogP contribution in [0.2, 0.25) is 0 Å². The normalized spacial score (nSPS) is 18.1. The molecule has 21 heavy (non-hydrogen) atoms. The first-order chi connectivity index (χ1) is 10.1. The highest BCUT2D eigenvalue weighted by molar-refractivity contribution is 9.09. The maximum absolute atomic E-state index is 5.88. The van der Waals surface area contributed by atoms with Gasteiger partial charge in [0, 0.05) is 10.2 Å². The Morgan fingerprint density at radius 3 is 2.62 bits per heavy atom. The SMILES string of the molecule is CC1(C)COC(C(CCCCCBr)Sc2ccccc2)=N1. The number of hydrogen-bond acceptors (Lipinski definition) is 3. The molecule has 1 aliphatic rings. The van der Waals surface area contributed by atoms with Crippen molar-refractivity contribution in [1.82, 2.24) is 0 Å². The minimum absolute atomic E-state index is 0.0688. The Labute approximate surface area is 140 Å². The maximum atomic E-state index is 5.88. The second-order valence-corrected chi connectivity index (χ2v) is 8.08. The van der Waals surface area contributed by atoms with Crippen molar-refractivity contribution in [2.45, 2.75) is 55.2 Å². The smallest absolute Gasteiger partial charge is 0.197 e. The first-order valence-corrected chi connectivity index (χ1v) is 9.61. The van der Waals surface area contributed by atoms with Gasteiger partial charge in [-0.25, -0.2) is 4.99 Å². The van der Waals surface area contributed by atoms with E-state index in [2.05, 4.69) is 60.1 Å².